The second-order valence-electron chi connectivity index (χ2n) is 2.94. The van der Waals surface area contributed by atoms with Crippen molar-refractivity contribution in [3.05, 3.63) is 35.1 Å². The van der Waals surface area contributed by atoms with Gasteiger partial charge in [-0.15, -0.1) is 0 Å². The molecule has 0 aromatic heterocycles. The minimum atomic E-state index is -4.52. The molecule has 0 unspecified atom stereocenters. The molecule has 1 rings (SSSR count). The van der Waals surface area contributed by atoms with Crippen LogP contribution in [0.15, 0.2) is 18.2 Å². The first-order valence-electron chi connectivity index (χ1n) is 3.94. The highest BCUT2D eigenvalue weighted by Crippen LogP contribution is 2.32. The molecule has 0 amide bonds. The van der Waals surface area contributed by atoms with Crippen LogP contribution in [0.3, 0.4) is 0 Å². The van der Waals surface area contributed by atoms with E-state index in [-0.39, 0.29) is 17.0 Å². The molecule has 0 spiro atoms. The van der Waals surface area contributed by atoms with E-state index in [0.717, 1.165) is 12.1 Å². The van der Waals surface area contributed by atoms with E-state index >= 15 is 0 Å². The third-order valence-corrected chi connectivity index (χ3v) is 1.88. The van der Waals surface area contributed by atoms with Gasteiger partial charge < -0.3 is 5.73 Å². The zero-order valence-electron chi connectivity index (χ0n) is 7.44. The number of rotatable bonds is 2. The highest BCUT2D eigenvalue weighted by atomic mass is 32.1. The lowest BCUT2D eigenvalue weighted by Crippen LogP contribution is -2.16. The molecule has 2 N–H and O–H groups in total. The molecule has 1 nitrogen and oxygen atoms in total. The maximum absolute atomic E-state index is 12.7. The SMILES string of the molecule is NC(=S)Cc1cc(F)ccc1C(F)(F)F. The summed E-state index contributed by atoms with van der Waals surface area (Å²) in [6.45, 7) is 0. The van der Waals surface area contributed by atoms with E-state index in [9.17, 15) is 17.6 Å². The monoisotopic (exact) mass is 237 g/mol. The molecule has 1 aromatic carbocycles. The van der Waals surface area contributed by atoms with Crippen LogP contribution < -0.4 is 5.73 Å². The lowest BCUT2D eigenvalue weighted by Gasteiger charge is -2.12. The Kier molecular flexibility index (Phi) is 3.28. The van der Waals surface area contributed by atoms with E-state index in [1.807, 2.05) is 0 Å². The van der Waals surface area contributed by atoms with E-state index in [1.165, 1.54) is 0 Å². The molecule has 15 heavy (non-hydrogen) atoms. The number of hydrogen-bond donors (Lipinski definition) is 1. The average Bonchev–Trinajstić information content (AvgIpc) is 1.99. The van der Waals surface area contributed by atoms with Crippen molar-refractivity contribution in [1.29, 1.82) is 0 Å². The first kappa shape index (κ1) is 11.9. The van der Waals surface area contributed by atoms with Gasteiger partial charge in [0.25, 0.3) is 0 Å². The molecule has 0 heterocycles. The lowest BCUT2D eigenvalue weighted by molar-refractivity contribution is -0.138. The number of nitrogens with two attached hydrogens (primary N) is 1. The molecule has 0 aliphatic carbocycles. The molecular formula is C9H7F4NS. The van der Waals surface area contributed by atoms with Crippen LogP contribution in [0.25, 0.3) is 0 Å². The Labute approximate surface area is 88.9 Å². The lowest BCUT2D eigenvalue weighted by atomic mass is 10.0. The minimum Gasteiger partial charge on any atom is -0.393 e. The van der Waals surface area contributed by atoms with Crippen molar-refractivity contribution < 1.29 is 17.6 Å². The van der Waals surface area contributed by atoms with Crippen molar-refractivity contribution in [2.75, 3.05) is 0 Å². The van der Waals surface area contributed by atoms with Crippen molar-refractivity contribution >= 4 is 17.2 Å². The van der Waals surface area contributed by atoms with Gasteiger partial charge in [-0.1, -0.05) is 12.2 Å². The van der Waals surface area contributed by atoms with Crippen LogP contribution in [0.1, 0.15) is 11.1 Å². The molecule has 1 aromatic rings. The van der Waals surface area contributed by atoms with Gasteiger partial charge in [-0.05, 0) is 23.8 Å². The largest absolute Gasteiger partial charge is 0.416 e. The predicted molar refractivity (Wildman–Crippen MR) is 51.9 cm³/mol. The Balaban J connectivity index is 3.20. The molecule has 6 heteroatoms. The Morgan fingerprint density at radius 1 is 1.33 bits per heavy atom. The van der Waals surface area contributed by atoms with Crippen molar-refractivity contribution in [3.8, 4) is 0 Å². The van der Waals surface area contributed by atoms with Crippen LogP contribution in [0.4, 0.5) is 17.6 Å². The Hall–Kier alpha value is -1.17. The van der Waals surface area contributed by atoms with Crippen LogP contribution in [0, 0.1) is 5.82 Å². The van der Waals surface area contributed by atoms with Crippen LogP contribution in [0.5, 0.6) is 0 Å². The van der Waals surface area contributed by atoms with Gasteiger partial charge in [0.15, 0.2) is 0 Å². The molecule has 82 valence electrons. The van der Waals surface area contributed by atoms with Crippen molar-refractivity contribution in [2.24, 2.45) is 5.73 Å². The van der Waals surface area contributed by atoms with Crippen molar-refractivity contribution in [1.82, 2.24) is 0 Å². The summed E-state index contributed by atoms with van der Waals surface area (Å²) >= 11 is 4.49. The van der Waals surface area contributed by atoms with E-state index in [4.69, 9.17) is 5.73 Å². The quantitative estimate of drug-likeness (QED) is 0.632. The smallest absolute Gasteiger partial charge is 0.393 e. The van der Waals surface area contributed by atoms with E-state index in [2.05, 4.69) is 12.2 Å². The Morgan fingerprint density at radius 3 is 2.40 bits per heavy atom. The second kappa shape index (κ2) is 4.14. The number of hydrogen-bond acceptors (Lipinski definition) is 1. The van der Waals surface area contributed by atoms with Gasteiger partial charge in [0, 0.05) is 6.42 Å². The zero-order valence-corrected chi connectivity index (χ0v) is 8.25. The fourth-order valence-corrected chi connectivity index (χ4v) is 1.33. The van der Waals surface area contributed by atoms with Gasteiger partial charge in [-0.25, -0.2) is 4.39 Å². The van der Waals surface area contributed by atoms with E-state index in [0.29, 0.717) is 6.07 Å². The Morgan fingerprint density at radius 2 is 1.93 bits per heavy atom. The van der Waals surface area contributed by atoms with E-state index in [1.54, 1.807) is 0 Å². The number of halogens is 4. The summed E-state index contributed by atoms with van der Waals surface area (Å²) in [6.07, 6.45) is -4.78. The molecule has 0 saturated carbocycles. The summed E-state index contributed by atoms with van der Waals surface area (Å²) in [5, 5.41) is 0. The fourth-order valence-electron chi connectivity index (χ4n) is 1.17. The minimum absolute atomic E-state index is 0.105. The highest BCUT2D eigenvalue weighted by molar-refractivity contribution is 7.80. The van der Waals surface area contributed by atoms with Gasteiger partial charge in [-0.3, -0.25) is 0 Å². The first-order valence-corrected chi connectivity index (χ1v) is 4.35. The van der Waals surface area contributed by atoms with Crippen LogP contribution in [-0.2, 0) is 12.6 Å². The number of benzene rings is 1. The van der Waals surface area contributed by atoms with Gasteiger partial charge in [0.1, 0.15) is 5.82 Å². The van der Waals surface area contributed by atoms with Crippen LogP contribution in [-0.4, -0.2) is 4.99 Å². The highest BCUT2D eigenvalue weighted by Gasteiger charge is 2.33. The topological polar surface area (TPSA) is 26.0 Å². The molecule has 0 saturated heterocycles. The standard InChI is InChI=1S/C9H7F4NS/c10-6-1-2-7(9(11,12)13)5(3-6)4-8(14)15/h1-3H,4H2,(H2,14,15). The Bertz CT molecular complexity index is 386. The van der Waals surface area contributed by atoms with Gasteiger partial charge >= 0.3 is 6.18 Å². The summed E-state index contributed by atoms with van der Waals surface area (Å²) in [6, 6.07) is 2.23. The maximum Gasteiger partial charge on any atom is 0.416 e. The van der Waals surface area contributed by atoms with Crippen LogP contribution >= 0.6 is 12.2 Å². The van der Waals surface area contributed by atoms with Gasteiger partial charge in [0.05, 0.1) is 10.6 Å². The van der Waals surface area contributed by atoms with Gasteiger partial charge in [-0.2, -0.15) is 13.2 Å². The first-order chi connectivity index (χ1) is 6.80. The van der Waals surface area contributed by atoms with Crippen LogP contribution in [0.2, 0.25) is 0 Å². The van der Waals surface area contributed by atoms with Gasteiger partial charge in [0.2, 0.25) is 0 Å². The maximum atomic E-state index is 12.7. The third kappa shape index (κ3) is 3.16. The molecular weight excluding hydrogens is 230 g/mol. The predicted octanol–water partition coefficient (Wildman–Crippen LogP) is 2.67. The number of thiocarbonyl (C=S) groups is 1. The normalized spacial score (nSPS) is 11.5. The average molecular weight is 237 g/mol. The fraction of sp³-hybridized carbons (Fsp3) is 0.222. The molecule has 0 fully saturated rings. The number of alkyl halides is 3. The summed E-state index contributed by atoms with van der Waals surface area (Å²) in [5.41, 5.74) is 3.98. The molecule has 0 radical (unpaired) electrons. The molecule has 0 bridgehead atoms. The van der Waals surface area contributed by atoms with Crippen molar-refractivity contribution in [3.63, 3.8) is 0 Å². The summed E-state index contributed by atoms with van der Waals surface area (Å²) in [7, 11) is 0. The van der Waals surface area contributed by atoms with Crippen molar-refractivity contribution in [2.45, 2.75) is 12.6 Å². The molecule has 0 aliphatic rings. The zero-order chi connectivity index (χ0) is 11.6. The van der Waals surface area contributed by atoms with E-state index < -0.39 is 17.6 Å². The third-order valence-electron chi connectivity index (χ3n) is 1.74. The summed E-state index contributed by atoms with van der Waals surface area (Å²) < 4.78 is 50.0. The second-order valence-corrected chi connectivity index (χ2v) is 3.47. The molecule has 0 atom stereocenters. The molecule has 0 aliphatic heterocycles. The summed E-state index contributed by atoms with van der Waals surface area (Å²) in [5.74, 6) is -0.741. The summed E-state index contributed by atoms with van der Waals surface area (Å²) in [4.78, 5) is -0.105.